The molecular weight excluding hydrogens is 192 g/mol. The lowest BCUT2D eigenvalue weighted by Gasteiger charge is -2.28. The van der Waals surface area contributed by atoms with Crippen molar-refractivity contribution in [2.24, 2.45) is 0 Å². The Balaban J connectivity index is 1.82. The maximum absolute atomic E-state index is 9.39. The van der Waals surface area contributed by atoms with E-state index in [1.54, 1.807) is 0 Å². The highest BCUT2D eigenvalue weighted by Gasteiger charge is 2.21. The van der Waals surface area contributed by atoms with E-state index in [4.69, 9.17) is 0 Å². The molecule has 0 radical (unpaired) electrons. The molecule has 0 bridgehead atoms. The summed E-state index contributed by atoms with van der Waals surface area (Å²) in [5, 5.41) is 19.6. The van der Waals surface area contributed by atoms with Crippen LogP contribution in [0, 0.1) is 0 Å². The van der Waals surface area contributed by atoms with Crippen molar-refractivity contribution in [2.75, 3.05) is 0 Å². The summed E-state index contributed by atoms with van der Waals surface area (Å²) >= 11 is 0. The first kappa shape index (κ1) is 10.6. The first-order valence-electron chi connectivity index (χ1n) is 5.55. The normalized spacial score (nSPS) is 28.9. The Morgan fingerprint density at radius 2 is 2.20 bits per heavy atom. The number of nitrogens with zero attached hydrogens (tertiary/aromatic N) is 2. The highest BCUT2D eigenvalue weighted by molar-refractivity contribution is 4.91. The monoisotopic (exact) mass is 210 g/mol. The zero-order chi connectivity index (χ0) is 10.7. The Morgan fingerprint density at radius 1 is 1.47 bits per heavy atom. The van der Waals surface area contributed by atoms with Crippen molar-refractivity contribution >= 4 is 0 Å². The third-order valence-corrected chi connectivity index (χ3v) is 3.03. The number of nitrogens with one attached hydrogen (secondary N) is 2. The van der Waals surface area contributed by atoms with Gasteiger partial charge in [-0.05, 0) is 32.6 Å². The van der Waals surface area contributed by atoms with E-state index >= 15 is 0 Å². The van der Waals surface area contributed by atoms with Crippen LogP contribution in [0.5, 0.6) is 0 Å². The molecule has 5 heteroatoms. The number of H-pyrrole nitrogens is 1. The topological polar surface area (TPSA) is 73.8 Å². The van der Waals surface area contributed by atoms with Crippen molar-refractivity contribution < 1.29 is 5.11 Å². The van der Waals surface area contributed by atoms with Gasteiger partial charge in [0.1, 0.15) is 12.2 Å². The van der Waals surface area contributed by atoms with Crippen LogP contribution in [0.1, 0.15) is 44.5 Å². The fourth-order valence-corrected chi connectivity index (χ4v) is 2.10. The van der Waals surface area contributed by atoms with Crippen LogP contribution in [0.2, 0.25) is 0 Å². The zero-order valence-corrected chi connectivity index (χ0v) is 8.98. The molecular formula is C10H18N4O. The molecule has 2 rings (SSSR count). The summed E-state index contributed by atoms with van der Waals surface area (Å²) in [6.45, 7) is 2.07. The molecule has 84 valence electrons. The fraction of sp³-hybridized carbons (Fsp3) is 0.800. The molecule has 0 aromatic carbocycles. The Hall–Kier alpha value is -0.940. The largest absolute Gasteiger partial charge is 0.393 e. The standard InChI is InChI=1S/C10H18N4O/c1-7(10-11-6-12-14-10)13-8-2-4-9(15)5-3-8/h6-9,13,15H,2-5H2,1H3,(H,11,12,14). The second kappa shape index (κ2) is 4.72. The van der Waals surface area contributed by atoms with Crippen LogP contribution >= 0.6 is 0 Å². The van der Waals surface area contributed by atoms with Crippen molar-refractivity contribution in [2.45, 2.75) is 50.8 Å². The van der Waals surface area contributed by atoms with Gasteiger partial charge in [0.15, 0.2) is 0 Å². The van der Waals surface area contributed by atoms with Gasteiger partial charge in [0.2, 0.25) is 0 Å². The molecule has 1 saturated carbocycles. The first-order valence-corrected chi connectivity index (χ1v) is 5.55. The number of hydrogen-bond donors (Lipinski definition) is 3. The van der Waals surface area contributed by atoms with Crippen molar-refractivity contribution in [3.8, 4) is 0 Å². The van der Waals surface area contributed by atoms with Gasteiger partial charge < -0.3 is 10.4 Å². The fourth-order valence-electron chi connectivity index (χ4n) is 2.10. The smallest absolute Gasteiger partial charge is 0.141 e. The number of aliphatic hydroxyl groups is 1. The van der Waals surface area contributed by atoms with Crippen LogP contribution in [-0.4, -0.2) is 32.4 Å². The van der Waals surface area contributed by atoms with Gasteiger partial charge in [-0.2, -0.15) is 5.10 Å². The maximum atomic E-state index is 9.39. The summed E-state index contributed by atoms with van der Waals surface area (Å²) in [5.41, 5.74) is 0. The summed E-state index contributed by atoms with van der Waals surface area (Å²) < 4.78 is 0. The highest BCUT2D eigenvalue weighted by Crippen LogP contribution is 2.20. The average molecular weight is 210 g/mol. The molecule has 5 nitrogen and oxygen atoms in total. The number of aromatic amines is 1. The molecule has 0 aliphatic heterocycles. The molecule has 1 heterocycles. The van der Waals surface area contributed by atoms with E-state index in [1.165, 1.54) is 6.33 Å². The minimum Gasteiger partial charge on any atom is -0.393 e. The number of hydrogen-bond acceptors (Lipinski definition) is 4. The van der Waals surface area contributed by atoms with Crippen LogP contribution in [0.25, 0.3) is 0 Å². The van der Waals surface area contributed by atoms with E-state index in [2.05, 4.69) is 27.4 Å². The second-order valence-electron chi connectivity index (χ2n) is 4.26. The highest BCUT2D eigenvalue weighted by atomic mass is 16.3. The van der Waals surface area contributed by atoms with Gasteiger partial charge >= 0.3 is 0 Å². The van der Waals surface area contributed by atoms with Crippen LogP contribution in [0.3, 0.4) is 0 Å². The minimum absolute atomic E-state index is 0.0939. The number of aromatic nitrogens is 3. The lowest BCUT2D eigenvalue weighted by atomic mass is 9.92. The first-order chi connectivity index (χ1) is 7.25. The second-order valence-corrected chi connectivity index (χ2v) is 4.26. The van der Waals surface area contributed by atoms with Gasteiger partial charge in [-0.25, -0.2) is 4.98 Å². The van der Waals surface area contributed by atoms with Crippen LogP contribution < -0.4 is 5.32 Å². The molecule has 0 saturated heterocycles. The van der Waals surface area contributed by atoms with Gasteiger partial charge in [0.25, 0.3) is 0 Å². The summed E-state index contributed by atoms with van der Waals surface area (Å²) in [4.78, 5) is 4.12. The van der Waals surface area contributed by atoms with Crippen LogP contribution in [-0.2, 0) is 0 Å². The van der Waals surface area contributed by atoms with E-state index in [0.717, 1.165) is 31.5 Å². The summed E-state index contributed by atoms with van der Waals surface area (Å²) in [6.07, 6.45) is 5.32. The lowest BCUT2D eigenvalue weighted by molar-refractivity contribution is 0.114. The van der Waals surface area contributed by atoms with E-state index in [-0.39, 0.29) is 12.1 Å². The average Bonchev–Trinajstić information content (AvgIpc) is 2.74. The van der Waals surface area contributed by atoms with Crippen molar-refractivity contribution in [1.82, 2.24) is 20.5 Å². The third kappa shape index (κ3) is 2.76. The van der Waals surface area contributed by atoms with Gasteiger partial charge in [-0.15, -0.1) is 0 Å². The predicted molar refractivity (Wildman–Crippen MR) is 56.2 cm³/mol. The van der Waals surface area contributed by atoms with Gasteiger partial charge in [0, 0.05) is 6.04 Å². The number of aliphatic hydroxyl groups excluding tert-OH is 1. The molecule has 3 N–H and O–H groups in total. The Labute approximate surface area is 89.3 Å². The molecule has 0 amide bonds. The minimum atomic E-state index is -0.0939. The van der Waals surface area contributed by atoms with Gasteiger partial charge in [-0.3, -0.25) is 5.10 Å². The molecule has 15 heavy (non-hydrogen) atoms. The number of rotatable bonds is 3. The quantitative estimate of drug-likeness (QED) is 0.688. The lowest BCUT2D eigenvalue weighted by Crippen LogP contribution is -2.36. The maximum Gasteiger partial charge on any atom is 0.141 e. The van der Waals surface area contributed by atoms with E-state index < -0.39 is 0 Å². The van der Waals surface area contributed by atoms with Crippen LogP contribution in [0.15, 0.2) is 6.33 Å². The Morgan fingerprint density at radius 3 is 2.80 bits per heavy atom. The van der Waals surface area contributed by atoms with Crippen molar-refractivity contribution in [1.29, 1.82) is 0 Å². The van der Waals surface area contributed by atoms with Gasteiger partial charge in [-0.1, -0.05) is 0 Å². The van der Waals surface area contributed by atoms with Crippen molar-refractivity contribution in [3.05, 3.63) is 12.2 Å². The van der Waals surface area contributed by atoms with Crippen LogP contribution in [0.4, 0.5) is 0 Å². The van der Waals surface area contributed by atoms with E-state index in [1.807, 2.05) is 0 Å². The Kier molecular flexibility index (Phi) is 3.33. The summed E-state index contributed by atoms with van der Waals surface area (Å²) in [6, 6.07) is 0.696. The molecule has 1 fully saturated rings. The molecule has 1 unspecified atom stereocenters. The molecule has 1 aliphatic rings. The SMILES string of the molecule is CC(NC1CCC(O)CC1)c1ncn[nH]1. The zero-order valence-electron chi connectivity index (χ0n) is 8.98. The van der Waals surface area contributed by atoms with E-state index in [9.17, 15) is 5.11 Å². The summed E-state index contributed by atoms with van der Waals surface area (Å²) in [7, 11) is 0. The molecule has 0 spiro atoms. The Bertz CT molecular complexity index is 280. The molecule has 1 aromatic rings. The predicted octanol–water partition coefficient (Wildman–Crippen LogP) is 0.759. The van der Waals surface area contributed by atoms with Gasteiger partial charge in [0.05, 0.1) is 12.1 Å². The molecule has 1 atom stereocenters. The summed E-state index contributed by atoms with van der Waals surface area (Å²) in [5.74, 6) is 0.876. The third-order valence-electron chi connectivity index (χ3n) is 3.03. The molecule has 1 aliphatic carbocycles. The van der Waals surface area contributed by atoms with E-state index in [0.29, 0.717) is 6.04 Å². The molecule has 1 aromatic heterocycles. The van der Waals surface area contributed by atoms with Crippen molar-refractivity contribution in [3.63, 3.8) is 0 Å².